The van der Waals surface area contributed by atoms with Gasteiger partial charge in [-0.25, -0.2) is 4.79 Å². The van der Waals surface area contributed by atoms with Crippen molar-refractivity contribution >= 4 is 24.0 Å². The third kappa shape index (κ3) is 5.85. The van der Waals surface area contributed by atoms with Gasteiger partial charge in [-0.1, -0.05) is 17.7 Å². The van der Waals surface area contributed by atoms with Crippen molar-refractivity contribution in [3.63, 3.8) is 0 Å². The summed E-state index contributed by atoms with van der Waals surface area (Å²) in [6.07, 6.45) is -0.308. The summed E-state index contributed by atoms with van der Waals surface area (Å²) < 4.78 is 33.5. The van der Waals surface area contributed by atoms with Gasteiger partial charge in [0.15, 0.2) is 0 Å². The molecule has 1 amide bonds. The molecule has 0 aromatic heterocycles. The average Bonchev–Trinajstić information content (AvgIpc) is 2.36. The minimum atomic E-state index is -3.01. The minimum absolute atomic E-state index is 0.101. The van der Waals surface area contributed by atoms with Crippen LogP contribution in [-0.2, 0) is 9.53 Å². The number of carbonyl (C=O) groups is 2. The highest BCUT2D eigenvalue weighted by Gasteiger charge is 2.21. The molecule has 5 nitrogen and oxygen atoms in total. The fourth-order valence-electron chi connectivity index (χ4n) is 1.53. The summed E-state index contributed by atoms with van der Waals surface area (Å²) in [7, 11) is 0. The smallest absolute Gasteiger partial charge is 0.408 e. The summed E-state index contributed by atoms with van der Waals surface area (Å²) in [6, 6.07) is 2.78. The fourth-order valence-corrected chi connectivity index (χ4v) is 1.77. The van der Waals surface area contributed by atoms with E-state index in [0.717, 1.165) is 0 Å². The summed E-state index contributed by atoms with van der Waals surface area (Å²) >= 11 is 5.80. The lowest BCUT2D eigenvalue weighted by Gasteiger charge is -2.21. The number of hydrogen-bond acceptors (Lipinski definition) is 4. The molecule has 1 atom stereocenters. The zero-order valence-corrected chi connectivity index (χ0v) is 13.0. The molecule has 122 valence electrons. The standard InChI is InChI=1S/C14H16ClF2NO4/c1-14(2,3)22-13(20)18-10(7-19)8-4-5-11(9(15)6-8)21-12(16)17/h4-7,10,12H,1-3H3,(H,18,20). The van der Waals surface area contributed by atoms with Crippen molar-refractivity contribution in [1.82, 2.24) is 5.32 Å². The number of benzene rings is 1. The van der Waals surface area contributed by atoms with Crippen LogP contribution in [0.5, 0.6) is 5.75 Å². The Morgan fingerprint density at radius 1 is 1.36 bits per heavy atom. The van der Waals surface area contributed by atoms with Gasteiger partial charge in [0.1, 0.15) is 23.7 Å². The summed E-state index contributed by atoms with van der Waals surface area (Å²) in [6.45, 7) is 2.02. The number of nitrogens with one attached hydrogen (secondary N) is 1. The third-order valence-electron chi connectivity index (χ3n) is 2.34. The molecule has 0 saturated carbocycles. The van der Waals surface area contributed by atoms with Crippen LogP contribution in [0.15, 0.2) is 18.2 Å². The molecule has 22 heavy (non-hydrogen) atoms. The second-order valence-corrected chi connectivity index (χ2v) is 5.74. The number of aldehydes is 1. The van der Waals surface area contributed by atoms with E-state index in [-0.39, 0.29) is 10.8 Å². The Kier molecular flexibility index (Phi) is 6.11. The Hall–Kier alpha value is -1.89. The Morgan fingerprint density at radius 2 is 2.00 bits per heavy atom. The van der Waals surface area contributed by atoms with Crippen LogP contribution < -0.4 is 10.1 Å². The van der Waals surface area contributed by atoms with E-state index in [0.29, 0.717) is 11.8 Å². The number of alkyl halides is 2. The average molecular weight is 336 g/mol. The van der Waals surface area contributed by atoms with Crippen LogP contribution in [0, 0.1) is 0 Å². The Balaban J connectivity index is 2.85. The Bertz CT molecular complexity index is 546. The van der Waals surface area contributed by atoms with Gasteiger partial charge in [-0.3, -0.25) is 0 Å². The largest absolute Gasteiger partial charge is 0.444 e. The van der Waals surface area contributed by atoms with Crippen LogP contribution in [0.1, 0.15) is 32.4 Å². The van der Waals surface area contributed by atoms with Crippen molar-refractivity contribution in [2.75, 3.05) is 0 Å². The first kappa shape index (κ1) is 18.2. The molecule has 0 bridgehead atoms. The first-order valence-electron chi connectivity index (χ1n) is 6.31. The number of carbonyl (C=O) groups excluding carboxylic acids is 2. The molecule has 8 heteroatoms. The van der Waals surface area contributed by atoms with Crippen molar-refractivity contribution in [2.24, 2.45) is 0 Å². The molecule has 0 aliphatic carbocycles. The monoisotopic (exact) mass is 335 g/mol. The first-order chi connectivity index (χ1) is 10.1. The van der Waals surface area contributed by atoms with Gasteiger partial charge in [-0.2, -0.15) is 8.78 Å². The maximum absolute atomic E-state index is 12.1. The highest BCUT2D eigenvalue weighted by Crippen LogP contribution is 2.29. The van der Waals surface area contributed by atoms with Crippen LogP contribution in [0.4, 0.5) is 13.6 Å². The zero-order valence-electron chi connectivity index (χ0n) is 12.2. The van der Waals surface area contributed by atoms with E-state index in [1.165, 1.54) is 18.2 Å². The molecule has 1 unspecified atom stereocenters. The first-order valence-corrected chi connectivity index (χ1v) is 6.69. The SMILES string of the molecule is CC(C)(C)OC(=O)NC(C=O)c1ccc(OC(F)F)c(Cl)c1. The van der Waals surface area contributed by atoms with Gasteiger partial charge in [0.2, 0.25) is 0 Å². The van der Waals surface area contributed by atoms with E-state index in [9.17, 15) is 18.4 Å². The van der Waals surface area contributed by atoms with Crippen molar-refractivity contribution in [3.8, 4) is 5.75 Å². The number of hydrogen-bond donors (Lipinski definition) is 1. The summed E-state index contributed by atoms with van der Waals surface area (Å²) in [5.74, 6) is -0.220. The molecule has 1 rings (SSSR count). The van der Waals surface area contributed by atoms with Crippen molar-refractivity contribution in [3.05, 3.63) is 28.8 Å². The van der Waals surface area contributed by atoms with Crippen molar-refractivity contribution in [1.29, 1.82) is 0 Å². The molecule has 0 fully saturated rings. The molecule has 1 N–H and O–H groups in total. The summed E-state index contributed by atoms with van der Waals surface area (Å²) in [5.41, 5.74) is -0.406. The van der Waals surface area contributed by atoms with Crippen LogP contribution in [0.3, 0.4) is 0 Å². The molecule has 0 aliphatic rings. The molecule has 0 heterocycles. The predicted molar refractivity (Wildman–Crippen MR) is 76.3 cm³/mol. The van der Waals surface area contributed by atoms with Gasteiger partial charge >= 0.3 is 12.7 Å². The van der Waals surface area contributed by atoms with Crippen LogP contribution in [-0.4, -0.2) is 24.6 Å². The molecular weight excluding hydrogens is 320 g/mol. The van der Waals surface area contributed by atoms with E-state index >= 15 is 0 Å². The topological polar surface area (TPSA) is 64.6 Å². The molecular formula is C14H16ClF2NO4. The van der Waals surface area contributed by atoms with Gasteiger partial charge in [-0.15, -0.1) is 0 Å². The van der Waals surface area contributed by atoms with E-state index < -0.39 is 24.3 Å². The van der Waals surface area contributed by atoms with Crippen molar-refractivity contribution in [2.45, 2.75) is 39.0 Å². The molecule has 0 spiro atoms. The lowest BCUT2D eigenvalue weighted by atomic mass is 10.1. The van der Waals surface area contributed by atoms with Gasteiger partial charge in [0, 0.05) is 0 Å². The second-order valence-electron chi connectivity index (χ2n) is 5.33. The van der Waals surface area contributed by atoms with E-state index in [1.807, 2.05) is 0 Å². The number of halogens is 3. The quantitative estimate of drug-likeness (QED) is 0.833. The number of ether oxygens (including phenoxy) is 2. The van der Waals surface area contributed by atoms with Gasteiger partial charge in [0.05, 0.1) is 5.02 Å². The lowest BCUT2D eigenvalue weighted by molar-refractivity contribution is -0.109. The van der Waals surface area contributed by atoms with E-state index in [1.54, 1.807) is 20.8 Å². The van der Waals surface area contributed by atoms with Gasteiger partial charge in [-0.05, 0) is 38.5 Å². The number of amides is 1. The molecule has 1 aromatic rings. The highest BCUT2D eigenvalue weighted by molar-refractivity contribution is 6.32. The lowest BCUT2D eigenvalue weighted by Crippen LogP contribution is -2.35. The van der Waals surface area contributed by atoms with Crippen LogP contribution >= 0.6 is 11.6 Å². The Labute approximate surface area is 131 Å². The van der Waals surface area contributed by atoms with E-state index in [2.05, 4.69) is 10.1 Å². The predicted octanol–water partition coefficient (Wildman–Crippen LogP) is 3.71. The van der Waals surface area contributed by atoms with Gasteiger partial charge < -0.3 is 19.6 Å². The maximum Gasteiger partial charge on any atom is 0.408 e. The zero-order chi connectivity index (χ0) is 16.9. The summed E-state index contributed by atoms with van der Waals surface area (Å²) in [5, 5.41) is 2.25. The number of rotatable bonds is 5. The fraction of sp³-hybridized carbons (Fsp3) is 0.429. The van der Waals surface area contributed by atoms with E-state index in [4.69, 9.17) is 16.3 Å². The molecule has 0 aliphatic heterocycles. The second kappa shape index (κ2) is 7.40. The molecule has 0 radical (unpaired) electrons. The van der Waals surface area contributed by atoms with Crippen LogP contribution in [0.25, 0.3) is 0 Å². The Morgan fingerprint density at radius 3 is 2.45 bits per heavy atom. The van der Waals surface area contributed by atoms with Crippen LogP contribution in [0.2, 0.25) is 5.02 Å². The number of alkyl carbamates (subject to hydrolysis) is 1. The third-order valence-corrected chi connectivity index (χ3v) is 2.63. The highest BCUT2D eigenvalue weighted by atomic mass is 35.5. The maximum atomic E-state index is 12.1. The normalized spacial score (nSPS) is 12.7. The summed E-state index contributed by atoms with van der Waals surface area (Å²) in [4.78, 5) is 22.8. The minimum Gasteiger partial charge on any atom is -0.444 e. The van der Waals surface area contributed by atoms with Gasteiger partial charge in [0.25, 0.3) is 0 Å². The molecule has 1 aromatic carbocycles. The molecule has 0 saturated heterocycles. The van der Waals surface area contributed by atoms with Crippen molar-refractivity contribution < 1.29 is 27.8 Å².